The lowest BCUT2D eigenvalue weighted by Crippen LogP contribution is -2.45. The van der Waals surface area contributed by atoms with Crippen molar-refractivity contribution in [3.63, 3.8) is 0 Å². The van der Waals surface area contributed by atoms with Gasteiger partial charge in [-0.1, -0.05) is 26.0 Å². The molecule has 1 aromatic carbocycles. The summed E-state index contributed by atoms with van der Waals surface area (Å²) in [7, 11) is 0. The van der Waals surface area contributed by atoms with Crippen molar-refractivity contribution in [2.24, 2.45) is 0 Å². The van der Waals surface area contributed by atoms with E-state index in [1.165, 1.54) is 5.56 Å². The topological polar surface area (TPSA) is 61.0 Å². The summed E-state index contributed by atoms with van der Waals surface area (Å²) in [4.78, 5) is 14.4. The highest BCUT2D eigenvalue weighted by Gasteiger charge is 2.25. The lowest BCUT2D eigenvalue weighted by atomic mass is 10.0. The van der Waals surface area contributed by atoms with Crippen LogP contribution in [0.2, 0.25) is 0 Å². The summed E-state index contributed by atoms with van der Waals surface area (Å²) in [6, 6.07) is 10.7. The molecule has 3 rings (SSSR count). The number of aromatic amines is 1. The summed E-state index contributed by atoms with van der Waals surface area (Å²) in [5.41, 5.74) is 3.88. The molecule has 0 aliphatic carbocycles. The Kier molecular flexibility index (Phi) is 4.88. The molecule has 0 unspecified atom stereocenters. The van der Waals surface area contributed by atoms with Gasteiger partial charge in [-0.25, -0.2) is 0 Å². The number of rotatable bonds is 4. The number of piperidine rings is 1. The predicted molar refractivity (Wildman–Crippen MR) is 96.4 cm³/mol. The predicted octanol–water partition coefficient (Wildman–Crippen LogP) is 3.56. The van der Waals surface area contributed by atoms with Gasteiger partial charge in [0.15, 0.2) is 0 Å². The second kappa shape index (κ2) is 7.07. The van der Waals surface area contributed by atoms with E-state index in [0.717, 1.165) is 37.3 Å². The van der Waals surface area contributed by atoms with E-state index in [9.17, 15) is 4.79 Å². The van der Waals surface area contributed by atoms with Crippen LogP contribution in [-0.4, -0.2) is 40.1 Å². The lowest BCUT2D eigenvalue weighted by Gasteiger charge is -2.33. The van der Waals surface area contributed by atoms with E-state index < -0.39 is 0 Å². The molecule has 1 aliphatic heterocycles. The molecular weight excluding hydrogens is 300 g/mol. The number of hydrogen-bond acceptors (Lipinski definition) is 3. The first-order valence-corrected chi connectivity index (χ1v) is 8.70. The maximum atomic E-state index is 12.5. The number of amides is 1. The molecule has 1 atom stereocenters. The molecular formula is C19H26N4O. The zero-order chi connectivity index (χ0) is 17.1. The van der Waals surface area contributed by atoms with Crippen molar-refractivity contribution in [1.29, 1.82) is 0 Å². The van der Waals surface area contributed by atoms with E-state index in [2.05, 4.69) is 53.6 Å². The maximum absolute atomic E-state index is 12.5. The van der Waals surface area contributed by atoms with Gasteiger partial charge in [-0.05, 0) is 49.4 Å². The second-order valence-electron chi connectivity index (χ2n) is 6.95. The molecule has 0 saturated carbocycles. The average molecular weight is 326 g/mol. The molecule has 0 spiro atoms. The second-order valence-corrected chi connectivity index (χ2v) is 6.95. The minimum Gasteiger partial charge on any atom is -0.381 e. The number of aryl methyl sites for hydroxylation is 1. The molecule has 1 aliphatic rings. The van der Waals surface area contributed by atoms with E-state index >= 15 is 0 Å². The Morgan fingerprint density at radius 1 is 1.33 bits per heavy atom. The Bertz CT molecular complexity index is 690. The highest BCUT2D eigenvalue weighted by atomic mass is 16.2. The van der Waals surface area contributed by atoms with Crippen LogP contribution in [0, 0.1) is 6.92 Å². The van der Waals surface area contributed by atoms with Crippen molar-refractivity contribution in [3.05, 3.63) is 47.3 Å². The summed E-state index contributed by atoms with van der Waals surface area (Å²) in [6.45, 7) is 7.82. The molecule has 1 amide bonds. The normalized spacial score (nSPS) is 18.0. The van der Waals surface area contributed by atoms with Crippen LogP contribution in [0.1, 0.15) is 54.4 Å². The molecule has 5 nitrogen and oxygen atoms in total. The first kappa shape index (κ1) is 16.6. The van der Waals surface area contributed by atoms with Crippen molar-refractivity contribution in [2.75, 3.05) is 18.4 Å². The van der Waals surface area contributed by atoms with Crippen molar-refractivity contribution < 1.29 is 4.79 Å². The van der Waals surface area contributed by atoms with Crippen molar-refractivity contribution in [3.8, 4) is 0 Å². The van der Waals surface area contributed by atoms with Crippen molar-refractivity contribution >= 4 is 11.6 Å². The smallest absolute Gasteiger partial charge is 0.274 e. The van der Waals surface area contributed by atoms with Gasteiger partial charge in [0.2, 0.25) is 0 Å². The van der Waals surface area contributed by atoms with Gasteiger partial charge in [-0.3, -0.25) is 9.89 Å². The standard InChI is InChI=1S/C19H26N4O/c1-13(2)15-6-8-16(9-7-15)20-17-5-4-10-23(12-17)19(24)18-11-14(3)21-22-18/h6-9,11,13,17,20H,4-5,10,12H2,1-3H3,(H,21,22)/t17-/m0/s1. The fraction of sp³-hybridized carbons (Fsp3) is 0.474. The number of benzene rings is 1. The Morgan fingerprint density at radius 3 is 2.71 bits per heavy atom. The van der Waals surface area contributed by atoms with Gasteiger partial charge >= 0.3 is 0 Å². The van der Waals surface area contributed by atoms with Gasteiger partial charge in [0, 0.05) is 30.5 Å². The summed E-state index contributed by atoms with van der Waals surface area (Å²) >= 11 is 0. The van der Waals surface area contributed by atoms with Crippen LogP contribution in [0.5, 0.6) is 0 Å². The maximum Gasteiger partial charge on any atom is 0.274 e. The number of aromatic nitrogens is 2. The Morgan fingerprint density at radius 2 is 2.08 bits per heavy atom. The molecule has 24 heavy (non-hydrogen) atoms. The molecule has 1 fully saturated rings. The van der Waals surface area contributed by atoms with Gasteiger partial charge in [-0.15, -0.1) is 0 Å². The van der Waals surface area contributed by atoms with Crippen LogP contribution in [0.4, 0.5) is 5.69 Å². The number of H-pyrrole nitrogens is 1. The molecule has 1 saturated heterocycles. The highest BCUT2D eigenvalue weighted by Crippen LogP contribution is 2.20. The minimum atomic E-state index is 0.0148. The average Bonchev–Trinajstić information content (AvgIpc) is 3.01. The molecule has 1 aromatic heterocycles. The number of nitrogens with zero attached hydrogens (tertiary/aromatic N) is 2. The van der Waals surface area contributed by atoms with Gasteiger partial charge in [0.25, 0.3) is 5.91 Å². The number of likely N-dealkylation sites (tertiary alicyclic amines) is 1. The third-order valence-electron chi connectivity index (χ3n) is 4.58. The first-order valence-electron chi connectivity index (χ1n) is 8.70. The van der Waals surface area contributed by atoms with Gasteiger partial charge < -0.3 is 10.2 Å². The van der Waals surface area contributed by atoms with Gasteiger partial charge in [0.1, 0.15) is 5.69 Å². The third-order valence-corrected chi connectivity index (χ3v) is 4.58. The molecule has 2 aromatic rings. The van der Waals surface area contributed by atoms with E-state index in [4.69, 9.17) is 0 Å². The van der Waals surface area contributed by atoms with Gasteiger partial charge in [0.05, 0.1) is 0 Å². The molecule has 2 heterocycles. The lowest BCUT2D eigenvalue weighted by molar-refractivity contribution is 0.0709. The minimum absolute atomic E-state index is 0.0148. The molecule has 0 radical (unpaired) electrons. The zero-order valence-corrected chi connectivity index (χ0v) is 14.7. The largest absolute Gasteiger partial charge is 0.381 e. The van der Waals surface area contributed by atoms with Crippen molar-refractivity contribution in [1.82, 2.24) is 15.1 Å². The fourth-order valence-electron chi connectivity index (χ4n) is 3.17. The van der Waals surface area contributed by atoms with Crippen LogP contribution in [0.25, 0.3) is 0 Å². The Balaban J connectivity index is 1.62. The summed E-state index contributed by atoms with van der Waals surface area (Å²) in [5, 5.41) is 10.5. The van der Waals surface area contributed by atoms with E-state index in [0.29, 0.717) is 11.6 Å². The van der Waals surface area contributed by atoms with Gasteiger partial charge in [-0.2, -0.15) is 5.10 Å². The quantitative estimate of drug-likeness (QED) is 0.903. The zero-order valence-electron chi connectivity index (χ0n) is 14.7. The van der Waals surface area contributed by atoms with Crippen molar-refractivity contribution in [2.45, 2.75) is 45.6 Å². The first-order chi connectivity index (χ1) is 11.5. The summed E-state index contributed by atoms with van der Waals surface area (Å²) < 4.78 is 0. The number of anilines is 1. The summed E-state index contributed by atoms with van der Waals surface area (Å²) in [5.74, 6) is 0.556. The molecule has 5 heteroatoms. The number of hydrogen-bond donors (Lipinski definition) is 2. The third kappa shape index (κ3) is 3.78. The Hall–Kier alpha value is -2.30. The van der Waals surface area contributed by atoms with Crippen LogP contribution in [0.3, 0.4) is 0 Å². The molecule has 128 valence electrons. The van der Waals surface area contributed by atoms with Crippen LogP contribution < -0.4 is 5.32 Å². The highest BCUT2D eigenvalue weighted by molar-refractivity contribution is 5.92. The SMILES string of the molecule is Cc1cc(C(=O)N2CCC[C@H](Nc3ccc(C(C)C)cc3)C2)n[nH]1. The van der Waals surface area contributed by atoms with E-state index in [1.54, 1.807) is 0 Å². The Labute approximate surface area is 143 Å². The molecule has 2 N–H and O–H groups in total. The summed E-state index contributed by atoms with van der Waals surface area (Å²) in [6.07, 6.45) is 2.09. The van der Waals surface area contributed by atoms with E-state index in [1.807, 2.05) is 17.9 Å². The number of nitrogens with one attached hydrogen (secondary N) is 2. The van der Waals surface area contributed by atoms with Crippen LogP contribution >= 0.6 is 0 Å². The molecule has 0 bridgehead atoms. The fourth-order valence-corrected chi connectivity index (χ4v) is 3.17. The van der Waals surface area contributed by atoms with Crippen LogP contribution in [-0.2, 0) is 0 Å². The number of carbonyl (C=O) groups is 1. The number of carbonyl (C=O) groups excluding carboxylic acids is 1. The monoisotopic (exact) mass is 326 g/mol. The van der Waals surface area contributed by atoms with E-state index in [-0.39, 0.29) is 11.9 Å². The van der Waals surface area contributed by atoms with Crippen LogP contribution in [0.15, 0.2) is 30.3 Å².